The van der Waals surface area contributed by atoms with Crippen molar-refractivity contribution < 1.29 is 24.1 Å². The van der Waals surface area contributed by atoms with Gasteiger partial charge in [-0.1, -0.05) is 31.0 Å². The molecule has 6 heteroatoms. The van der Waals surface area contributed by atoms with Gasteiger partial charge >= 0.3 is 0 Å². The van der Waals surface area contributed by atoms with Gasteiger partial charge < -0.3 is 24.2 Å². The van der Waals surface area contributed by atoms with Crippen molar-refractivity contribution in [2.45, 2.75) is 43.7 Å². The van der Waals surface area contributed by atoms with Gasteiger partial charge in [0.15, 0.2) is 0 Å². The molecule has 2 fully saturated rings. The summed E-state index contributed by atoms with van der Waals surface area (Å²) in [6, 6.07) is 12.8. The van der Waals surface area contributed by atoms with Crippen molar-refractivity contribution >= 4 is 5.91 Å². The van der Waals surface area contributed by atoms with E-state index in [4.69, 9.17) is 14.2 Å². The quantitative estimate of drug-likeness (QED) is 0.777. The first-order chi connectivity index (χ1) is 15.0. The molecule has 1 saturated carbocycles. The van der Waals surface area contributed by atoms with Crippen LogP contribution in [0.25, 0.3) is 0 Å². The number of likely N-dealkylation sites (tertiary alicyclic amines) is 1. The van der Waals surface area contributed by atoms with Gasteiger partial charge in [-0.15, -0.1) is 0 Å². The zero-order valence-electron chi connectivity index (χ0n) is 18.5. The molecular weight excluding hydrogens is 394 g/mol. The van der Waals surface area contributed by atoms with Crippen LogP contribution in [-0.2, 0) is 0 Å². The molecule has 3 unspecified atom stereocenters. The number of hydrogen-bond donors (Lipinski definition) is 1. The Bertz CT molecular complexity index is 945. The lowest BCUT2D eigenvalue weighted by atomic mass is 9.66. The van der Waals surface area contributed by atoms with Crippen molar-refractivity contribution in [3.8, 4) is 17.2 Å². The molecule has 1 aliphatic carbocycles. The van der Waals surface area contributed by atoms with Gasteiger partial charge in [0.25, 0.3) is 5.91 Å². The second kappa shape index (κ2) is 8.79. The number of ether oxygens (including phenoxy) is 3. The van der Waals surface area contributed by atoms with Gasteiger partial charge in [-0.25, -0.2) is 0 Å². The minimum absolute atomic E-state index is 0.0421. The van der Waals surface area contributed by atoms with E-state index in [1.807, 2.05) is 29.2 Å². The van der Waals surface area contributed by atoms with Gasteiger partial charge in [0.2, 0.25) is 0 Å². The number of methoxy groups -OCH3 is 3. The Hall–Kier alpha value is -2.73. The number of carbonyl (C=O) groups is 1. The summed E-state index contributed by atoms with van der Waals surface area (Å²) in [7, 11) is 4.79. The summed E-state index contributed by atoms with van der Waals surface area (Å²) in [6.07, 6.45) is 4.30. The SMILES string of the molecule is COc1ccc(C(=O)N2CCC3(O)CCCCC3C2c2ccccc2OC)c(OC)c1. The molecule has 1 heterocycles. The lowest BCUT2D eigenvalue weighted by Gasteiger charge is -2.52. The molecule has 1 N–H and O–H groups in total. The Morgan fingerprint density at radius 2 is 1.77 bits per heavy atom. The van der Waals surface area contributed by atoms with Crippen molar-refractivity contribution in [1.82, 2.24) is 4.90 Å². The Kier molecular flexibility index (Phi) is 6.10. The van der Waals surface area contributed by atoms with Crippen LogP contribution in [0, 0.1) is 5.92 Å². The fraction of sp³-hybridized carbons (Fsp3) is 0.480. The average molecular weight is 426 g/mol. The fourth-order valence-electron chi connectivity index (χ4n) is 5.34. The number of fused-ring (bicyclic) bond motifs is 1. The van der Waals surface area contributed by atoms with Gasteiger partial charge in [-0.3, -0.25) is 4.79 Å². The molecule has 6 nitrogen and oxygen atoms in total. The first-order valence-electron chi connectivity index (χ1n) is 10.9. The molecule has 1 aliphatic heterocycles. The molecule has 3 atom stereocenters. The predicted octanol–water partition coefficient (Wildman–Crippen LogP) is 4.22. The van der Waals surface area contributed by atoms with E-state index in [1.165, 1.54) is 0 Å². The van der Waals surface area contributed by atoms with E-state index in [1.54, 1.807) is 39.5 Å². The van der Waals surface area contributed by atoms with E-state index in [0.29, 0.717) is 30.0 Å². The Morgan fingerprint density at radius 1 is 1.00 bits per heavy atom. The van der Waals surface area contributed by atoms with Gasteiger partial charge in [0.05, 0.1) is 38.5 Å². The molecule has 1 amide bonds. The van der Waals surface area contributed by atoms with Crippen LogP contribution >= 0.6 is 0 Å². The van der Waals surface area contributed by atoms with Crippen LogP contribution in [0.15, 0.2) is 42.5 Å². The lowest BCUT2D eigenvalue weighted by molar-refractivity contribution is -0.115. The average Bonchev–Trinajstić information content (AvgIpc) is 2.82. The van der Waals surface area contributed by atoms with Crippen LogP contribution in [0.3, 0.4) is 0 Å². The number of benzene rings is 2. The highest BCUT2D eigenvalue weighted by Crippen LogP contribution is 2.51. The summed E-state index contributed by atoms with van der Waals surface area (Å²) in [5, 5.41) is 11.5. The van der Waals surface area contributed by atoms with Crippen LogP contribution in [0.2, 0.25) is 0 Å². The number of piperidine rings is 1. The van der Waals surface area contributed by atoms with Crippen LogP contribution in [0.5, 0.6) is 17.2 Å². The molecule has 166 valence electrons. The van der Waals surface area contributed by atoms with Crippen molar-refractivity contribution in [2.75, 3.05) is 27.9 Å². The van der Waals surface area contributed by atoms with Crippen LogP contribution in [-0.4, -0.2) is 49.4 Å². The maximum absolute atomic E-state index is 13.8. The summed E-state index contributed by atoms with van der Waals surface area (Å²) < 4.78 is 16.5. The summed E-state index contributed by atoms with van der Waals surface area (Å²) >= 11 is 0. The Morgan fingerprint density at radius 3 is 2.52 bits per heavy atom. The smallest absolute Gasteiger partial charge is 0.258 e. The topological polar surface area (TPSA) is 68.2 Å². The lowest BCUT2D eigenvalue weighted by Crippen LogP contribution is -2.56. The summed E-state index contributed by atoms with van der Waals surface area (Å²) in [5.74, 6) is 1.70. The highest BCUT2D eigenvalue weighted by molar-refractivity contribution is 5.97. The zero-order valence-corrected chi connectivity index (χ0v) is 18.5. The molecule has 1 saturated heterocycles. The van der Waals surface area contributed by atoms with Gasteiger partial charge in [-0.05, 0) is 37.5 Å². The molecule has 0 bridgehead atoms. The Labute approximate surface area is 183 Å². The van der Waals surface area contributed by atoms with Gasteiger partial charge in [0.1, 0.15) is 17.2 Å². The maximum atomic E-state index is 13.8. The predicted molar refractivity (Wildman–Crippen MR) is 118 cm³/mol. The van der Waals surface area contributed by atoms with Crippen LogP contribution in [0.1, 0.15) is 54.1 Å². The highest BCUT2D eigenvalue weighted by atomic mass is 16.5. The molecule has 2 aromatic carbocycles. The number of hydrogen-bond acceptors (Lipinski definition) is 5. The third kappa shape index (κ3) is 3.85. The molecule has 2 aromatic rings. The monoisotopic (exact) mass is 425 g/mol. The van der Waals surface area contributed by atoms with E-state index in [0.717, 1.165) is 37.0 Å². The largest absolute Gasteiger partial charge is 0.497 e. The number of para-hydroxylation sites is 1. The van der Waals surface area contributed by atoms with Crippen molar-refractivity contribution in [2.24, 2.45) is 5.92 Å². The first-order valence-corrected chi connectivity index (χ1v) is 10.9. The van der Waals surface area contributed by atoms with Crippen molar-refractivity contribution in [3.05, 3.63) is 53.6 Å². The summed E-state index contributed by atoms with van der Waals surface area (Å²) in [5.41, 5.74) is 0.671. The number of carbonyl (C=O) groups excluding carboxylic acids is 1. The van der Waals surface area contributed by atoms with Crippen LogP contribution < -0.4 is 14.2 Å². The number of rotatable bonds is 5. The van der Waals surface area contributed by atoms with Crippen molar-refractivity contribution in [1.29, 1.82) is 0 Å². The first kappa shape index (κ1) is 21.5. The molecule has 4 rings (SSSR count). The van der Waals surface area contributed by atoms with Gasteiger partial charge in [-0.2, -0.15) is 0 Å². The van der Waals surface area contributed by atoms with E-state index in [9.17, 15) is 9.90 Å². The highest BCUT2D eigenvalue weighted by Gasteiger charge is 2.51. The molecule has 0 radical (unpaired) electrons. The van der Waals surface area contributed by atoms with E-state index in [2.05, 4.69) is 0 Å². The molecular formula is C25H31NO5. The molecule has 31 heavy (non-hydrogen) atoms. The maximum Gasteiger partial charge on any atom is 0.258 e. The van der Waals surface area contributed by atoms with E-state index < -0.39 is 5.60 Å². The fourth-order valence-corrected chi connectivity index (χ4v) is 5.34. The summed E-state index contributed by atoms with van der Waals surface area (Å²) in [6.45, 7) is 0.476. The molecule has 2 aliphatic rings. The number of aliphatic hydroxyl groups is 1. The molecule has 0 aromatic heterocycles. The molecule has 0 spiro atoms. The second-order valence-electron chi connectivity index (χ2n) is 8.46. The standard InChI is InChI=1S/C25H31NO5/c1-29-17-11-12-19(22(16-17)31-3)24(27)26-15-14-25(28)13-7-6-9-20(25)23(26)18-8-4-5-10-21(18)30-2/h4-5,8,10-12,16,20,23,28H,6-7,9,13-15H2,1-3H3. The van der Waals surface area contributed by atoms with E-state index in [-0.39, 0.29) is 17.9 Å². The number of nitrogens with zero attached hydrogens (tertiary/aromatic N) is 1. The third-order valence-electron chi connectivity index (χ3n) is 6.93. The second-order valence-corrected chi connectivity index (χ2v) is 8.46. The minimum atomic E-state index is -0.759. The minimum Gasteiger partial charge on any atom is -0.497 e. The summed E-state index contributed by atoms with van der Waals surface area (Å²) in [4.78, 5) is 15.7. The normalized spacial score (nSPS) is 25.5. The van der Waals surface area contributed by atoms with E-state index >= 15 is 0 Å². The van der Waals surface area contributed by atoms with Crippen LogP contribution in [0.4, 0.5) is 0 Å². The Balaban J connectivity index is 1.79. The zero-order chi connectivity index (χ0) is 22.0. The van der Waals surface area contributed by atoms with Crippen molar-refractivity contribution in [3.63, 3.8) is 0 Å². The third-order valence-corrected chi connectivity index (χ3v) is 6.93. The van der Waals surface area contributed by atoms with Gasteiger partial charge in [0, 0.05) is 24.1 Å². The number of amides is 1.